The Hall–Kier alpha value is -0.810. The molecule has 0 aromatic heterocycles. The smallest absolute Gasteiger partial charge is 0.410 e. The summed E-state index contributed by atoms with van der Waals surface area (Å²) in [5.74, 6) is 0.492. The Bertz CT molecular complexity index is 326. The van der Waals surface area contributed by atoms with Crippen molar-refractivity contribution < 1.29 is 14.6 Å². The molecule has 0 radical (unpaired) electrons. The van der Waals surface area contributed by atoms with Gasteiger partial charge in [-0.3, -0.25) is 0 Å². The zero-order chi connectivity index (χ0) is 16.0. The van der Waals surface area contributed by atoms with Gasteiger partial charge in [0.2, 0.25) is 0 Å². The molecule has 5 nitrogen and oxygen atoms in total. The molecule has 21 heavy (non-hydrogen) atoms. The molecule has 2 N–H and O–H groups in total. The third-order valence-electron chi connectivity index (χ3n) is 3.51. The van der Waals surface area contributed by atoms with E-state index in [0.29, 0.717) is 19.0 Å². The number of aliphatic hydroxyl groups is 1. The van der Waals surface area contributed by atoms with E-state index in [4.69, 9.17) is 4.74 Å². The lowest BCUT2D eigenvalue weighted by Gasteiger charge is -2.29. The average molecular weight is 300 g/mol. The number of hydrogen-bond acceptors (Lipinski definition) is 4. The van der Waals surface area contributed by atoms with Gasteiger partial charge in [0.25, 0.3) is 0 Å². The van der Waals surface area contributed by atoms with Gasteiger partial charge in [-0.25, -0.2) is 4.79 Å². The van der Waals surface area contributed by atoms with Crippen LogP contribution in [-0.4, -0.2) is 53.5 Å². The predicted molar refractivity (Wildman–Crippen MR) is 84.3 cm³/mol. The second kappa shape index (κ2) is 7.99. The summed E-state index contributed by atoms with van der Waals surface area (Å²) in [6.07, 6.45) is 2.26. The predicted octanol–water partition coefficient (Wildman–Crippen LogP) is 2.38. The molecular weight excluding hydrogens is 268 g/mol. The van der Waals surface area contributed by atoms with E-state index in [1.807, 2.05) is 25.7 Å². The van der Waals surface area contributed by atoms with Gasteiger partial charge in [0.05, 0.1) is 6.10 Å². The molecule has 124 valence electrons. The van der Waals surface area contributed by atoms with Crippen LogP contribution in [0.2, 0.25) is 0 Å². The SMILES string of the molecule is CC(C)CC(O)CNCC1CCCN1C(=O)OC(C)(C)C. The second-order valence-electron chi connectivity index (χ2n) is 7.41. The quantitative estimate of drug-likeness (QED) is 0.790. The van der Waals surface area contributed by atoms with E-state index in [2.05, 4.69) is 19.2 Å². The summed E-state index contributed by atoms with van der Waals surface area (Å²) in [5.41, 5.74) is -0.453. The van der Waals surface area contributed by atoms with Crippen molar-refractivity contribution in [3.8, 4) is 0 Å². The third kappa shape index (κ3) is 7.14. The average Bonchev–Trinajstić information content (AvgIpc) is 2.73. The molecule has 0 spiro atoms. The van der Waals surface area contributed by atoms with Gasteiger partial charge >= 0.3 is 6.09 Å². The fourth-order valence-electron chi connectivity index (χ4n) is 2.65. The number of nitrogens with one attached hydrogen (secondary N) is 1. The van der Waals surface area contributed by atoms with Crippen molar-refractivity contribution in [1.82, 2.24) is 10.2 Å². The Balaban J connectivity index is 2.35. The molecule has 1 amide bonds. The van der Waals surface area contributed by atoms with Gasteiger partial charge in [0.1, 0.15) is 5.60 Å². The fraction of sp³-hybridized carbons (Fsp3) is 0.938. The number of likely N-dealkylation sites (tertiary alicyclic amines) is 1. The molecule has 5 heteroatoms. The van der Waals surface area contributed by atoms with E-state index in [9.17, 15) is 9.90 Å². The van der Waals surface area contributed by atoms with Crippen molar-refractivity contribution in [2.24, 2.45) is 5.92 Å². The van der Waals surface area contributed by atoms with E-state index in [0.717, 1.165) is 25.8 Å². The molecule has 1 rings (SSSR count). The molecule has 1 aliphatic rings. The molecule has 0 saturated carbocycles. The van der Waals surface area contributed by atoms with Crippen molar-refractivity contribution in [3.63, 3.8) is 0 Å². The standard InChI is InChI=1S/C16H32N2O3/c1-12(2)9-14(19)11-17-10-13-7-6-8-18(13)15(20)21-16(3,4)5/h12-14,17,19H,6-11H2,1-5H3. The number of rotatable bonds is 6. The maximum Gasteiger partial charge on any atom is 0.410 e. The number of hydrogen-bond donors (Lipinski definition) is 2. The van der Waals surface area contributed by atoms with Crippen LogP contribution >= 0.6 is 0 Å². The molecule has 0 bridgehead atoms. The van der Waals surface area contributed by atoms with Gasteiger partial charge in [-0.1, -0.05) is 13.8 Å². The van der Waals surface area contributed by atoms with E-state index < -0.39 is 5.60 Å². The summed E-state index contributed by atoms with van der Waals surface area (Å²) in [4.78, 5) is 14.0. The maximum absolute atomic E-state index is 12.1. The Morgan fingerprint density at radius 2 is 2.10 bits per heavy atom. The Morgan fingerprint density at radius 3 is 2.67 bits per heavy atom. The Morgan fingerprint density at radius 1 is 1.43 bits per heavy atom. The van der Waals surface area contributed by atoms with Gasteiger partial charge in [0, 0.05) is 25.7 Å². The number of carbonyl (C=O) groups excluding carboxylic acids is 1. The first-order chi connectivity index (χ1) is 9.69. The van der Waals surface area contributed by atoms with Gasteiger partial charge in [-0.05, 0) is 46.0 Å². The largest absolute Gasteiger partial charge is 0.444 e. The third-order valence-corrected chi connectivity index (χ3v) is 3.51. The van der Waals surface area contributed by atoms with E-state index in [1.165, 1.54) is 0 Å². The van der Waals surface area contributed by atoms with E-state index in [-0.39, 0.29) is 18.2 Å². The highest BCUT2D eigenvalue weighted by atomic mass is 16.6. The van der Waals surface area contributed by atoms with Crippen LogP contribution in [0.3, 0.4) is 0 Å². The molecule has 1 fully saturated rings. The van der Waals surface area contributed by atoms with Gasteiger partial charge in [0.15, 0.2) is 0 Å². The molecule has 2 atom stereocenters. The Labute approximate surface area is 129 Å². The zero-order valence-electron chi connectivity index (χ0n) is 14.2. The minimum Gasteiger partial charge on any atom is -0.444 e. The van der Waals surface area contributed by atoms with Gasteiger partial charge < -0.3 is 20.1 Å². The van der Waals surface area contributed by atoms with Crippen LogP contribution < -0.4 is 5.32 Å². The van der Waals surface area contributed by atoms with Gasteiger partial charge in [-0.15, -0.1) is 0 Å². The van der Waals surface area contributed by atoms with Crippen molar-refractivity contribution in [3.05, 3.63) is 0 Å². The second-order valence-corrected chi connectivity index (χ2v) is 7.41. The summed E-state index contributed by atoms with van der Waals surface area (Å²) in [7, 11) is 0. The molecule has 0 aliphatic carbocycles. The van der Waals surface area contributed by atoms with Crippen LogP contribution in [-0.2, 0) is 4.74 Å². The zero-order valence-corrected chi connectivity index (χ0v) is 14.2. The number of nitrogens with zero attached hydrogens (tertiary/aromatic N) is 1. The van der Waals surface area contributed by atoms with Crippen molar-refractivity contribution in [2.75, 3.05) is 19.6 Å². The lowest BCUT2D eigenvalue weighted by molar-refractivity contribution is 0.0224. The molecular formula is C16H32N2O3. The molecule has 2 unspecified atom stereocenters. The van der Waals surface area contributed by atoms with Crippen LogP contribution in [0.5, 0.6) is 0 Å². The lowest BCUT2D eigenvalue weighted by Crippen LogP contribution is -2.45. The molecule has 0 aromatic carbocycles. The topological polar surface area (TPSA) is 61.8 Å². The first-order valence-corrected chi connectivity index (χ1v) is 8.07. The number of ether oxygens (including phenoxy) is 1. The minimum atomic E-state index is -0.453. The fourth-order valence-corrected chi connectivity index (χ4v) is 2.65. The Kier molecular flexibility index (Phi) is 6.94. The van der Waals surface area contributed by atoms with Crippen LogP contribution in [0.4, 0.5) is 4.79 Å². The summed E-state index contributed by atoms with van der Waals surface area (Å²) < 4.78 is 5.44. The van der Waals surface area contributed by atoms with Crippen LogP contribution in [0.1, 0.15) is 53.9 Å². The summed E-state index contributed by atoms with van der Waals surface area (Å²) in [6.45, 7) is 11.9. The molecule has 0 aromatic rings. The summed E-state index contributed by atoms with van der Waals surface area (Å²) >= 11 is 0. The van der Waals surface area contributed by atoms with Crippen molar-refractivity contribution >= 4 is 6.09 Å². The highest BCUT2D eigenvalue weighted by Gasteiger charge is 2.31. The number of amides is 1. The molecule has 1 saturated heterocycles. The molecule has 1 aliphatic heterocycles. The van der Waals surface area contributed by atoms with E-state index in [1.54, 1.807) is 0 Å². The number of aliphatic hydroxyl groups excluding tert-OH is 1. The highest BCUT2D eigenvalue weighted by Crippen LogP contribution is 2.20. The first kappa shape index (κ1) is 18.2. The normalized spacial score (nSPS) is 20.9. The van der Waals surface area contributed by atoms with Crippen LogP contribution in [0, 0.1) is 5.92 Å². The highest BCUT2D eigenvalue weighted by molar-refractivity contribution is 5.69. The van der Waals surface area contributed by atoms with Crippen molar-refractivity contribution in [1.29, 1.82) is 0 Å². The monoisotopic (exact) mass is 300 g/mol. The summed E-state index contributed by atoms with van der Waals surface area (Å²) in [5, 5.41) is 13.1. The summed E-state index contributed by atoms with van der Waals surface area (Å²) in [6, 6.07) is 0.172. The van der Waals surface area contributed by atoms with Crippen molar-refractivity contribution in [2.45, 2.75) is 71.6 Å². The lowest BCUT2D eigenvalue weighted by atomic mass is 10.1. The minimum absolute atomic E-state index is 0.172. The molecule has 1 heterocycles. The van der Waals surface area contributed by atoms with E-state index >= 15 is 0 Å². The number of carbonyl (C=O) groups is 1. The van der Waals surface area contributed by atoms with Gasteiger partial charge in [-0.2, -0.15) is 0 Å². The van der Waals surface area contributed by atoms with Crippen LogP contribution in [0.25, 0.3) is 0 Å². The maximum atomic E-state index is 12.1. The first-order valence-electron chi connectivity index (χ1n) is 8.07. The van der Waals surface area contributed by atoms with Crippen LogP contribution in [0.15, 0.2) is 0 Å².